The average Bonchev–Trinajstić information content (AvgIpc) is 2.26. The molecule has 0 radical (unpaired) electrons. The third-order valence-electron chi connectivity index (χ3n) is 1.92. The Labute approximate surface area is 109 Å². The zero-order valence-corrected chi connectivity index (χ0v) is 10.5. The summed E-state index contributed by atoms with van der Waals surface area (Å²) in [4.78, 5) is 10.5. The molecule has 1 N–H and O–H groups in total. The lowest BCUT2D eigenvalue weighted by Gasteiger charge is -2.02. The van der Waals surface area contributed by atoms with Crippen LogP contribution in [0.25, 0.3) is 6.08 Å². The van der Waals surface area contributed by atoms with Crippen LogP contribution in [0, 0.1) is 0 Å². The van der Waals surface area contributed by atoms with Gasteiger partial charge in [0.2, 0.25) is 0 Å². The van der Waals surface area contributed by atoms with E-state index in [9.17, 15) is 4.79 Å². The predicted molar refractivity (Wildman–Crippen MR) is 68.2 cm³/mol. The molecule has 5 heteroatoms. The van der Waals surface area contributed by atoms with Crippen molar-refractivity contribution in [2.75, 3.05) is 7.11 Å². The highest BCUT2D eigenvalue weighted by Crippen LogP contribution is 2.25. The standard InChI is InChI=1S/C12H10Cl2O3/c1-17-8(7-12(15)16)5-6-9-10(13)3-2-4-11(9)14/h2-7H,1H3,(H,15,16)/b6-5+,8-7+. The molecule has 1 aromatic rings. The number of halogens is 2. The fourth-order valence-electron chi connectivity index (χ4n) is 1.13. The molecule has 17 heavy (non-hydrogen) atoms. The Hall–Kier alpha value is -1.45. The molecule has 0 saturated heterocycles. The molecule has 0 atom stereocenters. The van der Waals surface area contributed by atoms with Gasteiger partial charge in [0.1, 0.15) is 5.76 Å². The Balaban J connectivity index is 3.01. The minimum Gasteiger partial charge on any atom is -0.496 e. The lowest BCUT2D eigenvalue weighted by atomic mass is 10.2. The second-order valence-electron chi connectivity index (χ2n) is 3.06. The lowest BCUT2D eigenvalue weighted by molar-refractivity contribution is -0.131. The van der Waals surface area contributed by atoms with E-state index >= 15 is 0 Å². The molecule has 3 nitrogen and oxygen atoms in total. The Bertz CT molecular complexity index is 458. The molecule has 0 amide bonds. The van der Waals surface area contributed by atoms with Crippen molar-refractivity contribution in [1.82, 2.24) is 0 Å². The van der Waals surface area contributed by atoms with Crippen molar-refractivity contribution in [1.29, 1.82) is 0 Å². The minimum atomic E-state index is -1.09. The van der Waals surface area contributed by atoms with Crippen LogP contribution in [0.3, 0.4) is 0 Å². The molecular formula is C12H10Cl2O3. The van der Waals surface area contributed by atoms with Gasteiger partial charge in [-0.05, 0) is 24.3 Å². The first-order valence-corrected chi connectivity index (χ1v) is 5.41. The van der Waals surface area contributed by atoms with Crippen molar-refractivity contribution >= 4 is 35.2 Å². The monoisotopic (exact) mass is 272 g/mol. The van der Waals surface area contributed by atoms with Gasteiger partial charge in [0.05, 0.1) is 13.2 Å². The van der Waals surface area contributed by atoms with Crippen molar-refractivity contribution in [3.8, 4) is 0 Å². The molecule has 0 spiro atoms. The molecule has 0 bridgehead atoms. The molecule has 0 saturated carbocycles. The molecule has 0 aliphatic heterocycles. The molecule has 0 aliphatic rings. The van der Waals surface area contributed by atoms with Gasteiger partial charge in [-0.25, -0.2) is 4.79 Å². The van der Waals surface area contributed by atoms with E-state index < -0.39 is 5.97 Å². The molecule has 0 unspecified atom stereocenters. The highest BCUT2D eigenvalue weighted by molar-refractivity contribution is 6.37. The number of hydrogen-bond acceptors (Lipinski definition) is 2. The quantitative estimate of drug-likeness (QED) is 0.517. The van der Waals surface area contributed by atoms with Crippen molar-refractivity contribution < 1.29 is 14.6 Å². The molecule has 0 fully saturated rings. The Morgan fingerprint density at radius 1 is 1.35 bits per heavy atom. The largest absolute Gasteiger partial charge is 0.496 e. The summed E-state index contributed by atoms with van der Waals surface area (Å²) in [5.41, 5.74) is 0.615. The number of carboxylic acids is 1. The summed E-state index contributed by atoms with van der Waals surface area (Å²) in [7, 11) is 1.38. The highest BCUT2D eigenvalue weighted by Gasteiger charge is 2.02. The molecule has 0 aliphatic carbocycles. The number of hydrogen-bond donors (Lipinski definition) is 1. The van der Waals surface area contributed by atoms with Gasteiger partial charge in [-0.15, -0.1) is 0 Å². The zero-order chi connectivity index (χ0) is 12.8. The maximum Gasteiger partial charge on any atom is 0.332 e. The van der Waals surface area contributed by atoms with Gasteiger partial charge in [0, 0.05) is 15.6 Å². The van der Waals surface area contributed by atoms with Gasteiger partial charge in [0.25, 0.3) is 0 Å². The number of benzene rings is 1. The molecular weight excluding hydrogens is 263 g/mol. The van der Waals surface area contributed by atoms with E-state index in [1.807, 2.05) is 0 Å². The fourth-order valence-corrected chi connectivity index (χ4v) is 1.66. The molecule has 0 heterocycles. The van der Waals surface area contributed by atoms with E-state index in [-0.39, 0.29) is 5.76 Å². The SMILES string of the molecule is COC(/C=C/c1c(Cl)cccc1Cl)=C/C(=O)O. The van der Waals surface area contributed by atoms with Crippen LogP contribution in [0.2, 0.25) is 10.0 Å². The normalized spacial score (nSPS) is 11.8. The highest BCUT2D eigenvalue weighted by atomic mass is 35.5. The average molecular weight is 273 g/mol. The number of carbonyl (C=O) groups is 1. The van der Waals surface area contributed by atoms with Crippen LogP contribution in [-0.2, 0) is 9.53 Å². The maximum atomic E-state index is 10.5. The van der Waals surface area contributed by atoms with Crippen LogP contribution in [0.4, 0.5) is 0 Å². The van der Waals surface area contributed by atoms with Crippen molar-refractivity contribution in [2.24, 2.45) is 0 Å². The third kappa shape index (κ3) is 4.13. The van der Waals surface area contributed by atoms with Crippen molar-refractivity contribution in [3.05, 3.63) is 51.7 Å². The number of methoxy groups -OCH3 is 1. The van der Waals surface area contributed by atoms with E-state index in [2.05, 4.69) is 0 Å². The van der Waals surface area contributed by atoms with Gasteiger partial charge in [0.15, 0.2) is 0 Å². The molecule has 90 valence electrons. The minimum absolute atomic E-state index is 0.202. The van der Waals surface area contributed by atoms with Crippen LogP contribution in [0.5, 0.6) is 0 Å². The van der Waals surface area contributed by atoms with E-state index in [4.69, 9.17) is 33.0 Å². The predicted octanol–water partition coefficient (Wildman–Crippen LogP) is 3.62. The lowest BCUT2D eigenvalue weighted by Crippen LogP contribution is -1.92. The second kappa shape index (κ2) is 6.33. The first kappa shape index (κ1) is 13.6. The van der Waals surface area contributed by atoms with E-state index in [1.54, 1.807) is 24.3 Å². The van der Waals surface area contributed by atoms with Crippen LogP contribution < -0.4 is 0 Å². The van der Waals surface area contributed by atoms with E-state index in [1.165, 1.54) is 13.2 Å². The van der Waals surface area contributed by atoms with Gasteiger partial charge >= 0.3 is 5.97 Å². The summed E-state index contributed by atoms with van der Waals surface area (Å²) in [5, 5.41) is 9.55. The molecule has 0 aromatic heterocycles. The van der Waals surface area contributed by atoms with E-state index in [0.717, 1.165) is 6.08 Å². The van der Waals surface area contributed by atoms with Gasteiger partial charge in [-0.2, -0.15) is 0 Å². The maximum absolute atomic E-state index is 10.5. The van der Waals surface area contributed by atoms with Crippen LogP contribution in [0.15, 0.2) is 36.1 Å². The molecule has 1 aromatic carbocycles. The topological polar surface area (TPSA) is 46.5 Å². The van der Waals surface area contributed by atoms with Crippen molar-refractivity contribution in [2.45, 2.75) is 0 Å². The summed E-state index contributed by atoms with van der Waals surface area (Å²) in [6.45, 7) is 0. The Morgan fingerprint density at radius 2 is 1.94 bits per heavy atom. The number of carboxylic acid groups (broad SMARTS) is 1. The summed E-state index contributed by atoms with van der Waals surface area (Å²) >= 11 is 11.9. The molecule has 1 rings (SSSR count). The van der Waals surface area contributed by atoms with E-state index in [0.29, 0.717) is 15.6 Å². The Kier molecular flexibility index (Phi) is 5.07. The van der Waals surface area contributed by atoms with Gasteiger partial charge in [-0.1, -0.05) is 29.3 Å². The van der Waals surface area contributed by atoms with Crippen LogP contribution in [-0.4, -0.2) is 18.2 Å². The van der Waals surface area contributed by atoms with Crippen LogP contribution in [0.1, 0.15) is 5.56 Å². The van der Waals surface area contributed by atoms with Crippen LogP contribution >= 0.6 is 23.2 Å². The summed E-state index contributed by atoms with van der Waals surface area (Å²) in [6, 6.07) is 5.12. The Morgan fingerprint density at radius 3 is 2.41 bits per heavy atom. The summed E-state index contributed by atoms with van der Waals surface area (Å²) in [5.74, 6) is -0.884. The fraction of sp³-hybridized carbons (Fsp3) is 0.0833. The number of ether oxygens (including phenoxy) is 1. The summed E-state index contributed by atoms with van der Waals surface area (Å²) in [6.07, 6.45) is 4.03. The first-order valence-electron chi connectivity index (χ1n) is 4.65. The van der Waals surface area contributed by atoms with Gasteiger partial charge < -0.3 is 9.84 Å². The number of allylic oxidation sites excluding steroid dienone is 1. The smallest absolute Gasteiger partial charge is 0.332 e. The third-order valence-corrected chi connectivity index (χ3v) is 2.57. The first-order chi connectivity index (χ1) is 8.04. The van der Waals surface area contributed by atoms with Gasteiger partial charge in [-0.3, -0.25) is 0 Å². The summed E-state index contributed by atoms with van der Waals surface area (Å²) < 4.78 is 4.87. The number of aliphatic carboxylic acids is 1. The van der Waals surface area contributed by atoms with Crippen molar-refractivity contribution in [3.63, 3.8) is 0 Å². The number of rotatable bonds is 4. The second-order valence-corrected chi connectivity index (χ2v) is 3.87. The zero-order valence-electron chi connectivity index (χ0n) is 8.98.